The third-order valence-electron chi connectivity index (χ3n) is 6.65. The van der Waals surface area contributed by atoms with Crippen LogP contribution in [0.3, 0.4) is 0 Å². The number of aryl methyl sites for hydroxylation is 2. The van der Waals surface area contributed by atoms with Crippen molar-refractivity contribution < 1.29 is 18.9 Å². The van der Waals surface area contributed by atoms with Gasteiger partial charge in [-0.15, -0.1) is 0 Å². The van der Waals surface area contributed by atoms with Gasteiger partial charge in [-0.25, -0.2) is 0 Å². The van der Waals surface area contributed by atoms with Crippen LogP contribution in [0.1, 0.15) is 42.5 Å². The van der Waals surface area contributed by atoms with Crippen molar-refractivity contribution in [3.63, 3.8) is 0 Å². The lowest BCUT2D eigenvalue weighted by Gasteiger charge is -2.35. The van der Waals surface area contributed by atoms with Crippen LogP contribution in [0.25, 0.3) is 0 Å². The lowest BCUT2D eigenvalue weighted by molar-refractivity contribution is 0.263. The van der Waals surface area contributed by atoms with Crippen LogP contribution < -0.4 is 9.47 Å². The van der Waals surface area contributed by atoms with E-state index in [1.165, 1.54) is 22.3 Å². The molecule has 2 aromatic rings. The van der Waals surface area contributed by atoms with Gasteiger partial charge >= 0.3 is 0 Å². The second-order valence-electron chi connectivity index (χ2n) is 9.30. The summed E-state index contributed by atoms with van der Waals surface area (Å²) in [6.07, 6.45) is 9.77. The summed E-state index contributed by atoms with van der Waals surface area (Å²) in [7, 11) is 0. The highest BCUT2D eigenvalue weighted by Crippen LogP contribution is 2.43. The fourth-order valence-electron chi connectivity index (χ4n) is 4.43. The largest absolute Gasteiger partial charge is 0.493 e. The predicted molar refractivity (Wildman–Crippen MR) is 137 cm³/mol. The normalized spacial score (nSPS) is 21.2. The number of ether oxygens (including phenoxy) is 4. The number of benzene rings is 2. The smallest absolute Gasteiger partial charge is 0.122 e. The van der Waals surface area contributed by atoms with Crippen molar-refractivity contribution in [2.75, 3.05) is 26.4 Å². The maximum absolute atomic E-state index is 6.11. The molecular formula is C30H36O4. The molecule has 2 fully saturated rings. The molecule has 3 unspecified atom stereocenters. The van der Waals surface area contributed by atoms with Crippen LogP contribution in [-0.4, -0.2) is 38.6 Å². The molecule has 2 aliphatic rings. The molecule has 2 saturated heterocycles. The van der Waals surface area contributed by atoms with E-state index in [1.54, 1.807) is 0 Å². The molecule has 0 aliphatic carbocycles. The van der Waals surface area contributed by atoms with Crippen LogP contribution in [0.4, 0.5) is 0 Å². The molecule has 3 atom stereocenters. The standard InChI is InChI=1S/C30H36O4/c1-6-8-23(9-7-2)30(5,24-10-12-25(13-11-24)32-19-27-20-34-27)28-16-22(4)29(17-21(28)3)31-15-14-26-18-33-26/h6-13,16-17,26-27H,1,14-15,18-20H2,2-5H3/b9-7-,23-8+. The van der Waals surface area contributed by atoms with Crippen molar-refractivity contribution >= 4 is 0 Å². The van der Waals surface area contributed by atoms with E-state index in [1.807, 2.05) is 13.0 Å². The second kappa shape index (κ2) is 10.6. The van der Waals surface area contributed by atoms with E-state index in [2.05, 4.69) is 82.0 Å². The summed E-state index contributed by atoms with van der Waals surface area (Å²) in [4.78, 5) is 0. The SMILES string of the molecule is C=C/C=C(\C=C/C)C(C)(c1ccc(OCC2CO2)cc1)c1cc(C)c(OCCC2CO2)cc1C. The van der Waals surface area contributed by atoms with E-state index in [4.69, 9.17) is 18.9 Å². The summed E-state index contributed by atoms with van der Waals surface area (Å²) in [5, 5.41) is 0. The molecule has 0 radical (unpaired) electrons. The first-order chi connectivity index (χ1) is 16.5. The second-order valence-corrected chi connectivity index (χ2v) is 9.30. The Kier molecular flexibility index (Phi) is 7.60. The fraction of sp³-hybridized carbons (Fsp3) is 0.400. The maximum atomic E-state index is 6.11. The van der Waals surface area contributed by atoms with Crippen molar-refractivity contribution in [1.29, 1.82) is 0 Å². The molecule has 0 N–H and O–H groups in total. The summed E-state index contributed by atoms with van der Waals surface area (Å²) in [6, 6.07) is 12.9. The minimum atomic E-state index is -0.381. The third kappa shape index (κ3) is 5.63. The molecule has 4 nitrogen and oxygen atoms in total. The van der Waals surface area contributed by atoms with Gasteiger partial charge in [-0.2, -0.15) is 0 Å². The summed E-state index contributed by atoms with van der Waals surface area (Å²) in [6.45, 7) is 15.5. The van der Waals surface area contributed by atoms with E-state index < -0.39 is 0 Å². The Morgan fingerprint density at radius 3 is 2.38 bits per heavy atom. The van der Waals surface area contributed by atoms with Crippen LogP contribution in [0.2, 0.25) is 0 Å². The number of hydrogen-bond donors (Lipinski definition) is 0. The van der Waals surface area contributed by atoms with Crippen molar-refractivity contribution in [2.24, 2.45) is 0 Å². The summed E-state index contributed by atoms with van der Waals surface area (Å²) < 4.78 is 22.6. The Hall–Kier alpha value is -2.82. The van der Waals surface area contributed by atoms with Crippen LogP contribution in [-0.2, 0) is 14.9 Å². The van der Waals surface area contributed by atoms with Gasteiger partial charge in [-0.05, 0) is 73.7 Å². The van der Waals surface area contributed by atoms with Crippen LogP contribution in [0.5, 0.6) is 11.5 Å². The molecule has 34 heavy (non-hydrogen) atoms. The molecule has 180 valence electrons. The first-order valence-corrected chi connectivity index (χ1v) is 12.1. The van der Waals surface area contributed by atoms with E-state index in [0.29, 0.717) is 19.3 Å². The quantitative estimate of drug-likeness (QED) is 0.278. The number of allylic oxidation sites excluding steroid dienone is 5. The highest BCUT2D eigenvalue weighted by molar-refractivity contribution is 5.57. The van der Waals surface area contributed by atoms with Crippen molar-refractivity contribution in [3.05, 3.63) is 95.1 Å². The first kappa shape index (κ1) is 24.3. The zero-order valence-corrected chi connectivity index (χ0v) is 20.8. The minimum Gasteiger partial charge on any atom is -0.493 e. The Morgan fingerprint density at radius 2 is 1.76 bits per heavy atom. The Balaban J connectivity index is 1.69. The lowest BCUT2D eigenvalue weighted by Crippen LogP contribution is -2.27. The van der Waals surface area contributed by atoms with Gasteiger partial charge in [0.05, 0.1) is 25.9 Å². The molecule has 2 aliphatic heterocycles. The molecule has 0 saturated carbocycles. The molecule has 2 aromatic carbocycles. The number of epoxide rings is 2. The molecule has 4 rings (SSSR count). The summed E-state index contributed by atoms with van der Waals surface area (Å²) in [5.74, 6) is 1.80. The summed E-state index contributed by atoms with van der Waals surface area (Å²) in [5.41, 5.74) is 5.55. The van der Waals surface area contributed by atoms with Crippen LogP contribution >= 0.6 is 0 Å². The predicted octanol–water partition coefficient (Wildman–Crippen LogP) is 6.24. The molecule has 0 spiro atoms. The first-order valence-electron chi connectivity index (χ1n) is 12.1. The van der Waals surface area contributed by atoms with Gasteiger partial charge in [-0.1, -0.05) is 49.1 Å². The molecule has 0 bridgehead atoms. The average molecular weight is 461 g/mol. The van der Waals surface area contributed by atoms with Gasteiger partial charge in [0, 0.05) is 11.8 Å². The van der Waals surface area contributed by atoms with Crippen LogP contribution in [0, 0.1) is 13.8 Å². The van der Waals surface area contributed by atoms with Crippen molar-refractivity contribution in [2.45, 2.75) is 51.7 Å². The zero-order chi connectivity index (χ0) is 24.1. The Labute approximate surface area is 203 Å². The van der Waals surface area contributed by atoms with Gasteiger partial charge in [-0.3, -0.25) is 0 Å². The minimum absolute atomic E-state index is 0.241. The van der Waals surface area contributed by atoms with E-state index in [0.717, 1.165) is 36.7 Å². The highest BCUT2D eigenvalue weighted by Gasteiger charge is 2.34. The fourth-order valence-corrected chi connectivity index (χ4v) is 4.43. The van der Waals surface area contributed by atoms with Crippen molar-refractivity contribution in [1.82, 2.24) is 0 Å². The third-order valence-corrected chi connectivity index (χ3v) is 6.65. The van der Waals surface area contributed by atoms with Gasteiger partial charge in [0.2, 0.25) is 0 Å². The lowest BCUT2D eigenvalue weighted by atomic mass is 9.68. The molecule has 2 heterocycles. The van der Waals surface area contributed by atoms with Crippen molar-refractivity contribution in [3.8, 4) is 11.5 Å². The zero-order valence-electron chi connectivity index (χ0n) is 20.8. The monoisotopic (exact) mass is 460 g/mol. The molecule has 4 heteroatoms. The Morgan fingerprint density at radius 1 is 1.06 bits per heavy atom. The van der Waals surface area contributed by atoms with Gasteiger partial charge in [0.15, 0.2) is 0 Å². The molecule has 0 amide bonds. The van der Waals surface area contributed by atoms with E-state index in [-0.39, 0.29) is 11.5 Å². The molecular weight excluding hydrogens is 424 g/mol. The van der Waals surface area contributed by atoms with E-state index in [9.17, 15) is 0 Å². The van der Waals surface area contributed by atoms with Gasteiger partial charge in [0.1, 0.15) is 24.2 Å². The topological polar surface area (TPSA) is 43.5 Å². The number of hydrogen-bond acceptors (Lipinski definition) is 4. The highest BCUT2D eigenvalue weighted by atomic mass is 16.6. The maximum Gasteiger partial charge on any atom is 0.122 e. The van der Waals surface area contributed by atoms with E-state index >= 15 is 0 Å². The Bertz CT molecular complexity index is 1060. The van der Waals surface area contributed by atoms with Gasteiger partial charge < -0.3 is 18.9 Å². The number of rotatable bonds is 12. The van der Waals surface area contributed by atoms with Crippen LogP contribution in [0.15, 0.2) is 72.9 Å². The molecule has 0 aromatic heterocycles. The average Bonchev–Trinajstić information content (AvgIpc) is 3.75. The summed E-state index contributed by atoms with van der Waals surface area (Å²) >= 11 is 0. The van der Waals surface area contributed by atoms with Gasteiger partial charge in [0.25, 0.3) is 0 Å².